The number of hydrogen-bond donors (Lipinski definition) is 1. The molecule has 0 saturated carbocycles. The molecule has 1 N–H and O–H groups in total. The number of carbonyl (C=O) groups excluding carboxylic acids is 1. The summed E-state index contributed by atoms with van der Waals surface area (Å²) in [5.41, 5.74) is 0.736. The first-order chi connectivity index (χ1) is 8.04. The minimum absolute atomic E-state index is 0.278. The van der Waals surface area contributed by atoms with Crippen LogP contribution in [0.1, 0.15) is 35.8 Å². The highest BCUT2D eigenvalue weighted by molar-refractivity contribution is 5.94. The molecule has 17 heavy (non-hydrogen) atoms. The van der Waals surface area contributed by atoms with Gasteiger partial charge < -0.3 is 15.4 Å². The number of nitro groups is 1. The van der Waals surface area contributed by atoms with E-state index < -0.39 is 4.92 Å². The van der Waals surface area contributed by atoms with Crippen molar-refractivity contribution in [2.24, 2.45) is 0 Å². The Balaban J connectivity index is 2.82. The Morgan fingerprint density at radius 3 is 2.82 bits per heavy atom. The van der Waals surface area contributed by atoms with Crippen molar-refractivity contribution in [1.29, 1.82) is 0 Å². The number of carbonyl (C=O) groups is 1. The number of nitrogens with zero attached hydrogens (tertiary/aromatic N) is 2. The maximum atomic E-state index is 11.7. The standard InChI is InChI=1S/C11H15N3O3/c1-3-4-5-12-11(15)9-6-8(2)13-10(7-9)14(16)17/h6-7H,3-5H2,1-2H3,(H,12,15). The lowest BCUT2D eigenvalue weighted by atomic mass is 10.2. The average Bonchev–Trinajstić information content (AvgIpc) is 2.28. The van der Waals surface area contributed by atoms with Crippen LogP contribution >= 0.6 is 0 Å². The van der Waals surface area contributed by atoms with Crippen molar-refractivity contribution in [2.75, 3.05) is 6.54 Å². The molecule has 0 aromatic carbocycles. The molecule has 0 atom stereocenters. The first kappa shape index (κ1) is 13.1. The quantitative estimate of drug-likeness (QED) is 0.481. The number of unbranched alkanes of at least 4 members (excludes halogenated alkanes) is 1. The molecule has 0 bridgehead atoms. The molecule has 0 aliphatic heterocycles. The van der Waals surface area contributed by atoms with Gasteiger partial charge in [-0.2, -0.15) is 0 Å². The van der Waals surface area contributed by atoms with Gasteiger partial charge in [-0.3, -0.25) is 4.79 Å². The van der Waals surface area contributed by atoms with Gasteiger partial charge in [0.1, 0.15) is 0 Å². The van der Waals surface area contributed by atoms with Gasteiger partial charge in [0.2, 0.25) is 0 Å². The van der Waals surface area contributed by atoms with Crippen molar-refractivity contribution in [3.05, 3.63) is 33.5 Å². The van der Waals surface area contributed by atoms with E-state index in [4.69, 9.17) is 0 Å². The zero-order valence-electron chi connectivity index (χ0n) is 9.90. The van der Waals surface area contributed by atoms with Crippen LogP contribution in [0.25, 0.3) is 0 Å². The first-order valence-electron chi connectivity index (χ1n) is 5.46. The average molecular weight is 237 g/mol. The fourth-order valence-corrected chi connectivity index (χ4v) is 1.36. The summed E-state index contributed by atoms with van der Waals surface area (Å²) in [6, 6.07) is 2.72. The van der Waals surface area contributed by atoms with E-state index >= 15 is 0 Å². The summed E-state index contributed by atoms with van der Waals surface area (Å²) in [5.74, 6) is -0.599. The van der Waals surface area contributed by atoms with Crippen molar-refractivity contribution in [3.63, 3.8) is 0 Å². The Morgan fingerprint density at radius 1 is 1.53 bits per heavy atom. The number of pyridine rings is 1. The van der Waals surface area contributed by atoms with Crippen molar-refractivity contribution in [3.8, 4) is 0 Å². The molecule has 1 aromatic heterocycles. The minimum Gasteiger partial charge on any atom is -0.358 e. The third kappa shape index (κ3) is 3.82. The molecule has 1 rings (SSSR count). The van der Waals surface area contributed by atoms with Crippen molar-refractivity contribution >= 4 is 11.7 Å². The van der Waals surface area contributed by atoms with E-state index in [9.17, 15) is 14.9 Å². The SMILES string of the molecule is CCCCNC(=O)c1cc(C)nc([N+](=O)[O-])c1. The molecule has 0 radical (unpaired) electrons. The van der Waals surface area contributed by atoms with Gasteiger partial charge in [0.15, 0.2) is 5.69 Å². The van der Waals surface area contributed by atoms with Crippen LogP contribution in [-0.2, 0) is 0 Å². The van der Waals surface area contributed by atoms with Gasteiger partial charge in [0.25, 0.3) is 5.91 Å². The summed E-state index contributed by atoms with van der Waals surface area (Å²) < 4.78 is 0. The van der Waals surface area contributed by atoms with E-state index in [1.54, 1.807) is 6.92 Å². The highest BCUT2D eigenvalue weighted by Gasteiger charge is 2.14. The second-order valence-corrected chi connectivity index (χ2v) is 3.72. The maximum absolute atomic E-state index is 11.7. The van der Waals surface area contributed by atoms with Crippen molar-refractivity contribution < 1.29 is 9.72 Å². The molecule has 1 amide bonds. The predicted molar refractivity (Wildman–Crippen MR) is 62.9 cm³/mol. The largest absolute Gasteiger partial charge is 0.364 e. The van der Waals surface area contributed by atoms with E-state index in [-0.39, 0.29) is 17.3 Å². The van der Waals surface area contributed by atoms with Crippen molar-refractivity contribution in [1.82, 2.24) is 10.3 Å². The highest BCUT2D eigenvalue weighted by atomic mass is 16.6. The molecule has 0 spiro atoms. The number of rotatable bonds is 5. The van der Waals surface area contributed by atoms with Crippen LogP contribution in [0.4, 0.5) is 5.82 Å². The lowest BCUT2D eigenvalue weighted by Crippen LogP contribution is -2.24. The Kier molecular flexibility index (Phi) is 4.56. The van der Waals surface area contributed by atoms with Crippen LogP contribution in [0.3, 0.4) is 0 Å². The molecule has 0 unspecified atom stereocenters. The number of aromatic nitrogens is 1. The predicted octanol–water partition coefficient (Wildman–Crippen LogP) is 1.83. The molecule has 1 aromatic rings. The van der Waals surface area contributed by atoms with Gasteiger partial charge in [-0.25, -0.2) is 0 Å². The second-order valence-electron chi connectivity index (χ2n) is 3.72. The monoisotopic (exact) mass is 237 g/mol. The van der Waals surface area contributed by atoms with Crippen LogP contribution in [0.15, 0.2) is 12.1 Å². The second kappa shape index (κ2) is 5.93. The third-order valence-electron chi connectivity index (χ3n) is 2.21. The summed E-state index contributed by atoms with van der Waals surface area (Å²) >= 11 is 0. The summed E-state index contributed by atoms with van der Waals surface area (Å²) in [4.78, 5) is 25.4. The minimum atomic E-state index is -0.601. The van der Waals surface area contributed by atoms with Crippen LogP contribution < -0.4 is 5.32 Å². The third-order valence-corrected chi connectivity index (χ3v) is 2.21. The molecule has 92 valence electrons. The summed E-state index contributed by atoms with van der Waals surface area (Å²) in [6.07, 6.45) is 1.87. The lowest BCUT2D eigenvalue weighted by molar-refractivity contribution is -0.389. The van der Waals surface area contributed by atoms with Gasteiger partial charge in [0, 0.05) is 19.5 Å². The van der Waals surface area contributed by atoms with E-state index in [2.05, 4.69) is 10.3 Å². The maximum Gasteiger partial charge on any atom is 0.364 e. The number of nitrogens with one attached hydrogen (secondary N) is 1. The normalized spacial score (nSPS) is 10.0. The molecule has 6 heteroatoms. The number of hydrogen-bond acceptors (Lipinski definition) is 4. The Hall–Kier alpha value is -1.98. The van der Waals surface area contributed by atoms with Crippen LogP contribution in [-0.4, -0.2) is 22.4 Å². The summed E-state index contributed by atoms with van der Waals surface area (Å²) in [6.45, 7) is 4.22. The van der Waals surface area contributed by atoms with Crippen LogP contribution in [0, 0.1) is 17.0 Å². The smallest absolute Gasteiger partial charge is 0.358 e. The Labute approximate surface area is 99.2 Å². The topological polar surface area (TPSA) is 85.1 Å². The number of amides is 1. The van der Waals surface area contributed by atoms with E-state index in [0.29, 0.717) is 12.2 Å². The van der Waals surface area contributed by atoms with Gasteiger partial charge in [-0.15, -0.1) is 0 Å². The fraction of sp³-hybridized carbons (Fsp3) is 0.455. The molecular weight excluding hydrogens is 222 g/mol. The van der Waals surface area contributed by atoms with E-state index in [0.717, 1.165) is 12.8 Å². The fourth-order valence-electron chi connectivity index (χ4n) is 1.36. The first-order valence-corrected chi connectivity index (χ1v) is 5.46. The molecule has 0 aliphatic rings. The zero-order valence-corrected chi connectivity index (χ0v) is 9.90. The van der Waals surface area contributed by atoms with Crippen LogP contribution in [0.2, 0.25) is 0 Å². The Morgan fingerprint density at radius 2 is 2.24 bits per heavy atom. The van der Waals surface area contributed by atoms with Gasteiger partial charge >= 0.3 is 5.82 Å². The van der Waals surface area contributed by atoms with Gasteiger partial charge in [-0.05, 0) is 22.4 Å². The van der Waals surface area contributed by atoms with Gasteiger partial charge in [-0.1, -0.05) is 13.3 Å². The summed E-state index contributed by atoms with van der Waals surface area (Å²) in [5, 5.41) is 13.3. The van der Waals surface area contributed by atoms with Crippen LogP contribution in [0.5, 0.6) is 0 Å². The zero-order chi connectivity index (χ0) is 12.8. The van der Waals surface area contributed by atoms with Crippen molar-refractivity contribution in [2.45, 2.75) is 26.7 Å². The van der Waals surface area contributed by atoms with Gasteiger partial charge in [0.05, 0.1) is 5.56 Å². The highest BCUT2D eigenvalue weighted by Crippen LogP contribution is 2.12. The molecule has 1 heterocycles. The molecule has 0 saturated heterocycles. The molecule has 0 aliphatic carbocycles. The van der Waals surface area contributed by atoms with E-state index in [1.807, 2.05) is 6.92 Å². The molecule has 6 nitrogen and oxygen atoms in total. The molecular formula is C11H15N3O3. The number of aryl methyl sites for hydroxylation is 1. The molecule has 0 fully saturated rings. The summed E-state index contributed by atoms with van der Waals surface area (Å²) in [7, 11) is 0. The lowest BCUT2D eigenvalue weighted by Gasteiger charge is -2.04. The van der Waals surface area contributed by atoms with E-state index in [1.165, 1.54) is 12.1 Å². The Bertz CT molecular complexity index is 432.